The zero-order valence-electron chi connectivity index (χ0n) is 18.9. The van der Waals surface area contributed by atoms with Crippen LogP contribution in [0.15, 0.2) is 60.9 Å². The van der Waals surface area contributed by atoms with E-state index in [0.29, 0.717) is 23.7 Å². The number of H-pyrrole nitrogens is 1. The van der Waals surface area contributed by atoms with Crippen LogP contribution in [0.1, 0.15) is 55.5 Å². The van der Waals surface area contributed by atoms with Gasteiger partial charge in [-0.05, 0) is 48.7 Å². The van der Waals surface area contributed by atoms with Crippen LogP contribution in [0.3, 0.4) is 0 Å². The maximum Gasteiger partial charge on any atom is 0.335 e. The first-order valence-corrected chi connectivity index (χ1v) is 11.4. The van der Waals surface area contributed by atoms with Crippen molar-refractivity contribution < 1.29 is 14.6 Å². The number of nitrogens with one attached hydrogen (secondary N) is 2. The standard InChI is InChI=1S/C26H33N3O3/c1-3-5-14-29(15-6-4-2)24-17-21(26(30)31)16-23(28-19-20-12-13-27-18-20)25(24)32-22-10-8-7-9-11-22/h7-13,16-18,27-28H,3-6,14-15,19H2,1-2H3,(H,30,31). The minimum atomic E-state index is -0.951. The Morgan fingerprint density at radius 3 is 2.38 bits per heavy atom. The Bertz CT molecular complexity index is 963. The Morgan fingerprint density at radius 2 is 1.78 bits per heavy atom. The van der Waals surface area contributed by atoms with Crippen LogP contribution in [0.2, 0.25) is 0 Å². The fourth-order valence-corrected chi connectivity index (χ4v) is 3.53. The van der Waals surface area contributed by atoms with Crippen molar-refractivity contribution in [2.45, 2.75) is 46.1 Å². The molecule has 0 atom stereocenters. The van der Waals surface area contributed by atoms with Gasteiger partial charge in [0, 0.05) is 32.0 Å². The van der Waals surface area contributed by atoms with Gasteiger partial charge in [0.2, 0.25) is 0 Å². The van der Waals surface area contributed by atoms with E-state index in [9.17, 15) is 9.90 Å². The van der Waals surface area contributed by atoms with Crippen LogP contribution < -0.4 is 15.0 Å². The molecule has 3 N–H and O–H groups in total. The van der Waals surface area contributed by atoms with Gasteiger partial charge in [-0.1, -0.05) is 44.9 Å². The summed E-state index contributed by atoms with van der Waals surface area (Å²) in [5, 5.41) is 13.2. The van der Waals surface area contributed by atoms with E-state index in [-0.39, 0.29) is 5.56 Å². The molecule has 6 heteroatoms. The summed E-state index contributed by atoms with van der Waals surface area (Å²) >= 11 is 0. The van der Waals surface area contributed by atoms with Gasteiger partial charge in [0.15, 0.2) is 5.75 Å². The van der Waals surface area contributed by atoms with Crippen LogP contribution in [0.4, 0.5) is 11.4 Å². The van der Waals surface area contributed by atoms with E-state index in [4.69, 9.17) is 4.74 Å². The number of unbranched alkanes of at least 4 members (excludes halogenated alkanes) is 2. The highest BCUT2D eigenvalue weighted by Gasteiger charge is 2.21. The van der Waals surface area contributed by atoms with Crippen molar-refractivity contribution in [2.24, 2.45) is 0 Å². The van der Waals surface area contributed by atoms with Crippen molar-refractivity contribution in [3.63, 3.8) is 0 Å². The van der Waals surface area contributed by atoms with E-state index in [1.807, 2.05) is 48.8 Å². The molecule has 3 rings (SSSR count). The van der Waals surface area contributed by atoms with E-state index in [1.165, 1.54) is 0 Å². The summed E-state index contributed by atoms with van der Waals surface area (Å²) in [5.41, 5.74) is 2.80. The summed E-state index contributed by atoms with van der Waals surface area (Å²) in [6.07, 6.45) is 7.97. The van der Waals surface area contributed by atoms with Gasteiger partial charge in [0.25, 0.3) is 0 Å². The van der Waals surface area contributed by atoms with Gasteiger partial charge in [-0.25, -0.2) is 4.79 Å². The smallest absolute Gasteiger partial charge is 0.335 e. The van der Waals surface area contributed by atoms with Crippen molar-refractivity contribution in [3.8, 4) is 11.5 Å². The minimum absolute atomic E-state index is 0.245. The summed E-state index contributed by atoms with van der Waals surface area (Å²) in [6, 6.07) is 15.0. The van der Waals surface area contributed by atoms with Crippen molar-refractivity contribution in [1.82, 2.24) is 4.98 Å². The molecule has 0 radical (unpaired) electrons. The average molecular weight is 436 g/mol. The lowest BCUT2D eigenvalue weighted by Crippen LogP contribution is -2.26. The second-order valence-electron chi connectivity index (χ2n) is 7.86. The number of anilines is 2. The lowest BCUT2D eigenvalue weighted by atomic mass is 10.1. The summed E-state index contributed by atoms with van der Waals surface area (Å²) in [6.45, 7) is 6.58. The molecule has 170 valence electrons. The number of carbonyl (C=O) groups is 1. The number of nitrogens with zero attached hydrogens (tertiary/aromatic N) is 1. The molecule has 0 aliphatic carbocycles. The van der Waals surface area contributed by atoms with Gasteiger partial charge in [0.05, 0.1) is 16.9 Å². The zero-order chi connectivity index (χ0) is 22.8. The van der Waals surface area contributed by atoms with Crippen LogP contribution in [-0.2, 0) is 6.54 Å². The molecule has 6 nitrogen and oxygen atoms in total. The number of hydrogen-bond donors (Lipinski definition) is 3. The van der Waals surface area contributed by atoms with Crippen LogP contribution >= 0.6 is 0 Å². The number of carboxylic acid groups (broad SMARTS) is 1. The highest BCUT2D eigenvalue weighted by Crippen LogP contribution is 2.41. The van der Waals surface area contributed by atoms with Crippen LogP contribution in [0.5, 0.6) is 11.5 Å². The fourth-order valence-electron chi connectivity index (χ4n) is 3.53. The van der Waals surface area contributed by atoms with Gasteiger partial charge in [-0.3, -0.25) is 0 Å². The van der Waals surface area contributed by atoms with Crippen molar-refractivity contribution in [2.75, 3.05) is 23.3 Å². The number of carboxylic acids is 1. The van der Waals surface area contributed by atoms with E-state index >= 15 is 0 Å². The quantitative estimate of drug-likeness (QED) is 0.285. The largest absolute Gasteiger partial charge is 0.478 e. The topological polar surface area (TPSA) is 77.6 Å². The van der Waals surface area contributed by atoms with Crippen molar-refractivity contribution >= 4 is 17.3 Å². The number of aromatic carboxylic acids is 1. The van der Waals surface area contributed by atoms with Crippen molar-refractivity contribution in [3.05, 3.63) is 72.1 Å². The molecule has 0 amide bonds. The number of hydrogen-bond acceptors (Lipinski definition) is 4. The highest BCUT2D eigenvalue weighted by molar-refractivity contribution is 5.92. The highest BCUT2D eigenvalue weighted by atomic mass is 16.5. The molecular formula is C26H33N3O3. The zero-order valence-corrected chi connectivity index (χ0v) is 18.9. The third-order valence-electron chi connectivity index (χ3n) is 5.33. The molecule has 32 heavy (non-hydrogen) atoms. The summed E-state index contributed by atoms with van der Waals surface area (Å²) in [7, 11) is 0. The third kappa shape index (κ3) is 6.30. The fraction of sp³-hybridized carbons (Fsp3) is 0.346. The first kappa shape index (κ1) is 23.3. The summed E-state index contributed by atoms with van der Waals surface area (Å²) < 4.78 is 6.38. The Labute approximate surface area is 190 Å². The number of aromatic amines is 1. The first-order chi connectivity index (χ1) is 15.6. The molecule has 3 aromatic rings. The normalized spacial score (nSPS) is 10.7. The molecule has 1 heterocycles. The van der Waals surface area contributed by atoms with E-state index < -0.39 is 5.97 Å². The Hall–Kier alpha value is -3.41. The summed E-state index contributed by atoms with van der Waals surface area (Å²) in [5.74, 6) is 0.421. The molecule has 0 unspecified atom stereocenters. The minimum Gasteiger partial charge on any atom is -0.478 e. The van der Waals surface area contributed by atoms with Crippen LogP contribution in [0.25, 0.3) is 0 Å². The number of aromatic nitrogens is 1. The molecule has 0 aliphatic rings. The maximum absolute atomic E-state index is 12.0. The molecule has 0 bridgehead atoms. The SMILES string of the molecule is CCCCN(CCCC)c1cc(C(=O)O)cc(NCc2cc[nH]c2)c1Oc1ccccc1. The number of para-hydroxylation sites is 1. The van der Waals surface area contributed by atoms with Gasteiger partial charge >= 0.3 is 5.97 Å². The molecule has 0 spiro atoms. The van der Waals surface area contributed by atoms with Gasteiger partial charge < -0.3 is 25.0 Å². The van der Waals surface area contributed by atoms with E-state index in [1.54, 1.807) is 12.1 Å². The molecule has 0 fully saturated rings. The monoisotopic (exact) mass is 435 g/mol. The first-order valence-electron chi connectivity index (χ1n) is 11.4. The Morgan fingerprint density at radius 1 is 1.06 bits per heavy atom. The number of rotatable bonds is 13. The second-order valence-corrected chi connectivity index (χ2v) is 7.86. The van der Waals surface area contributed by atoms with Crippen LogP contribution in [-0.4, -0.2) is 29.1 Å². The predicted octanol–water partition coefficient (Wildman–Crippen LogP) is 6.52. The molecule has 0 aliphatic heterocycles. The Balaban J connectivity index is 2.07. The van der Waals surface area contributed by atoms with Crippen molar-refractivity contribution in [1.29, 1.82) is 0 Å². The molecule has 2 aromatic carbocycles. The van der Waals surface area contributed by atoms with Gasteiger partial charge in [0.1, 0.15) is 5.75 Å². The summed E-state index contributed by atoms with van der Waals surface area (Å²) in [4.78, 5) is 17.3. The van der Waals surface area contributed by atoms with E-state index in [2.05, 4.69) is 29.0 Å². The predicted molar refractivity (Wildman–Crippen MR) is 130 cm³/mol. The maximum atomic E-state index is 12.0. The average Bonchev–Trinajstić information content (AvgIpc) is 3.33. The third-order valence-corrected chi connectivity index (χ3v) is 5.33. The lowest BCUT2D eigenvalue weighted by molar-refractivity contribution is 0.0697. The molecule has 0 saturated carbocycles. The van der Waals surface area contributed by atoms with E-state index in [0.717, 1.165) is 50.0 Å². The molecule has 0 saturated heterocycles. The second kappa shape index (κ2) is 11.8. The number of benzene rings is 2. The van der Waals surface area contributed by atoms with Crippen LogP contribution in [0, 0.1) is 0 Å². The number of ether oxygens (including phenoxy) is 1. The van der Waals surface area contributed by atoms with Gasteiger partial charge in [-0.15, -0.1) is 0 Å². The molecule has 1 aromatic heterocycles. The van der Waals surface area contributed by atoms with Gasteiger partial charge in [-0.2, -0.15) is 0 Å². The molecular weight excluding hydrogens is 402 g/mol. The lowest BCUT2D eigenvalue weighted by Gasteiger charge is -2.28. The Kier molecular flexibility index (Phi) is 8.61.